The van der Waals surface area contributed by atoms with Crippen LogP contribution in [0.5, 0.6) is 0 Å². The van der Waals surface area contributed by atoms with Crippen molar-refractivity contribution in [2.45, 2.75) is 6.18 Å². The Labute approximate surface area is 229 Å². The number of rotatable bonds is 7. The summed E-state index contributed by atoms with van der Waals surface area (Å²) in [6, 6.07) is 11.4. The molecule has 40 heavy (non-hydrogen) atoms. The lowest BCUT2D eigenvalue weighted by atomic mass is 10.1. The van der Waals surface area contributed by atoms with E-state index in [-0.39, 0.29) is 11.6 Å². The maximum atomic E-state index is 14.6. The van der Waals surface area contributed by atoms with E-state index in [1.54, 1.807) is 36.4 Å². The van der Waals surface area contributed by atoms with Crippen molar-refractivity contribution in [1.82, 2.24) is 19.7 Å². The maximum absolute atomic E-state index is 14.6. The highest BCUT2D eigenvalue weighted by Gasteiger charge is 2.38. The van der Waals surface area contributed by atoms with E-state index in [2.05, 4.69) is 37.6 Å². The minimum absolute atomic E-state index is 0.108. The molecule has 0 radical (unpaired) electrons. The molecule has 10 nitrogen and oxygen atoms in total. The summed E-state index contributed by atoms with van der Waals surface area (Å²) in [6.07, 6.45) is 1.04. The third-order valence-corrected chi connectivity index (χ3v) is 5.16. The van der Waals surface area contributed by atoms with Crippen molar-refractivity contribution in [3.63, 3.8) is 0 Å². The second-order valence-corrected chi connectivity index (χ2v) is 8.19. The van der Waals surface area contributed by atoms with Crippen LogP contribution in [-0.4, -0.2) is 42.9 Å². The van der Waals surface area contributed by atoms with Crippen molar-refractivity contribution in [3.05, 3.63) is 84.5 Å². The van der Waals surface area contributed by atoms with E-state index in [0.717, 1.165) is 6.08 Å². The number of aryl methyl sites for hydroxylation is 1. The number of benzene rings is 2. The Kier molecular flexibility index (Phi) is 9.40. The van der Waals surface area contributed by atoms with E-state index in [4.69, 9.17) is 21.5 Å². The highest BCUT2D eigenvalue weighted by molar-refractivity contribution is 6.33. The Hall–Kier alpha value is -4.98. The van der Waals surface area contributed by atoms with E-state index in [1.807, 2.05) is 18.2 Å². The summed E-state index contributed by atoms with van der Waals surface area (Å²) in [4.78, 5) is 29.4. The van der Waals surface area contributed by atoms with E-state index in [0.29, 0.717) is 33.3 Å². The zero-order chi connectivity index (χ0) is 29.4. The lowest BCUT2D eigenvalue weighted by Crippen LogP contribution is -2.21. The molecule has 1 amide bonds. The predicted octanol–water partition coefficient (Wildman–Crippen LogP) is 5.91. The number of carbonyl (C=O) groups excluding carboxylic acids is 1. The fourth-order valence-electron chi connectivity index (χ4n) is 3.05. The van der Waals surface area contributed by atoms with Crippen LogP contribution in [0.3, 0.4) is 0 Å². The van der Waals surface area contributed by atoms with Crippen LogP contribution in [-0.2, 0) is 16.6 Å². The summed E-state index contributed by atoms with van der Waals surface area (Å²) in [5.41, 5.74) is 2.43. The van der Waals surface area contributed by atoms with Crippen molar-refractivity contribution in [2.75, 3.05) is 16.0 Å². The molecule has 0 saturated heterocycles. The average Bonchev–Trinajstić information content (AvgIpc) is 3.30. The number of nitrogens with one attached hydrogen (secondary N) is 3. The number of hydrogen-bond donors (Lipinski definition) is 4. The number of anilines is 5. The number of carboxylic acids is 1. The molecule has 0 unspecified atom stereocenters. The van der Waals surface area contributed by atoms with Crippen molar-refractivity contribution >= 4 is 52.3 Å². The lowest BCUT2D eigenvalue weighted by Gasteiger charge is -2.15. The standard InChI is InChI=1S/C23H19ClFN7O.C2HF3O2/c1-3-21(33)28-14-8-9-19(25)20(10-14)30-22-17(16-6-4-5-7-18(16)24)12-26-23(31-22)29-15-11-27-32(2)13-15;3-2(4,5)1(6)7/h3-13H,1H2,2H3,(H,28,33)(H2,26,29,30,31);(H,6,7). The molecule has 0 aliphatic rings. The fraction of sp³-hybridized carbons (Fsp3) is 0.0800. The molecule has 0 spiro atoms. The number of halogens is 5. The molecule has 0 bridgehead atoms. The van der Waals surface area contributed by atoms with Gasteiger partial charge in [0, 0.05) is 41.3 Å². The quantitative estimate of drug-likeness (QED) is 0.157. The van der Waals surface area contributed by atoms with Gasteiger partial charge in [-0.2, -0.15) is 23.3 Å². The van der Waals surface area contributed by atoms with Crippen LogP contribution in [0.25, 0.3) is 11.1 Å². The first kappa shape index (κ1) is 29.6. The highest BCUT2D eigenvalue weighted by atomic mass is 35.5. The number of hydrogen-bond acceptors (Lipinski definition) is 7. The van der Waals surface area contributed by atoms with Gasteiger partial charge in [-0.15, -0.1) is 0 Å². The van der Waals surface area contributed by atoms with Crippen LogP contribution < -0.4 is 16.0 Å². The molecule has 4 rings (SSSR count). The molecule has 2 aromatic heterocycles. The molecule has 0 aliphatic heterocycles. The molecule has 0 aliphatic carbocycles. The van der Waals surface area contributed by atoms with Gasteiger partial charge in [-0.05, 0) is 30.3 Å². The smallest absolute Gasteiger partial charge is 0.475 e. The second kappa shape index (κ2) is 12.7. The Morgan fingerprint density at radius 3 is 2.38 bits per heavy atom. The minimum atomic E-state index is -5.08. The van der Waals surface area contributed by atoms with Crippen LogP contribution in [0.2, 0.25) is 5.02 Å². The normalized spacial score (nSPS) is 10.7. The van der Waals surface area contributed by atoms with Crippen molar-refractivity contribution in [2.24, 2.45) is 7.05 Å². The van der Waals surface area contributed by atoms with Gasteiger partial charge in [0.05, 0.1) is 17.6 Å². The first-order chi connectivity index (χ1) is 18.9. The Morgan fingerprint density at radius 1 is 1.07 bits per heavy atom. The van der Waals surface area contributed by atoms with Gasteiger partial charge in [0.2, 0.25) is 11.9 Å². The Balaban J connectivity index is 0.000000559. The van der Waals surface area contributed by atoms with Gasteiger partial charge in [-0.25, -0.2) is 14.2 Å². The third-order valence-electron chi connectivity index (χ3n) is 4.83. The van der Waals surface area contributed by atoms with Gasteiger partial charge in [0.25, 0.3) is 0 Å². The first-order valence-corrected chi connectivity index (χ1v) is 11.4. The predicted molar refractivity (Wildman–Crippen MR) is 141 cm³/mol. The summed E-state index contributed by atoms with van der Waals surface area (Å²) < 4.78 is 48.0. The van der Waals surface area contributed by atoms with Crippen LogP contribution in [0.15, 0.2) is 73.7 Å². The van der Waals surface area contributed by atoms with E-state index >= 15 is 0 Å². The van der Waals surface area contributed by atoms with Gasteiger partial charge in [-0.1, -0.05) is 36.4 Å². The third kappa shape index (κ3) is 8.01. The highest BCUT2D eigenvalue weighted by Crippen LogP contribution is 2.35. The second-order valence-electron chi connectivity index (χ2n) is 7.78. The molecule has 15 heteroatoms. The number of carbonyl (C=O) groups is 2. The molecule has 4 aromatic rings. The minimum Gasteiger partial charge on any atom is -0.475 e. The van der Waals surface area contributed by atoms with Gasteiger partial charge in [0.15, 0.2) is 0 Å². The van der Waals surface area contributed by atoms with Gasteiger partial charge < -0.3 is 21.1 Å². The molecular formula is C25H20ClF4N7O3. The molecular weight excluding hydrogens is 558 g/mol. The van der Waals surface area contributed by atoms with Crippen LogP contribution in [0.1, 0.15) is 0 Å². The van der Waals surface area contributed by atoms with Crippen molar-refractivity contribution < 1.29 is 32.3 Å². The fourth-order valence-corrected chi connectivity index (χ4v) is 3.29. The first-order valence-electron chi connectivity index (χ1n) is 11.0. The Bertz CT molecular complexity index is 1540. The molecule has 2 heterocycles. The monoisotopic (exact) mass is 577 g/mol. The van der Waals surface area contributed by atoms with Crippen LogP contribution in [0, 0.1) is 5.82 Å². The topological polar surface area (TPSA) is 134 Å². The van der Waals surface area contributed by atoms with E-state index < -0.39 is 23.9 Å². The van der Waals surface area contributed by atoms with Gasteiger partial charge in [0.1, 0.15) is 11.6 Å². The number of aromatic nitrogens is 4. The summed E-state index contributed by atoms with van der Waals surface area (Å²) in [5.74, 6) is -3.10. The summed E-state index contributed by atoms with van der Waals surface area (Å²) in [5, 5.41) is 20.4. The van der Waals surface area contributed by atoms with Crippen LogP contribution in [0.4, 0.5) is 46.4 Å². The SMILES string of the molecule is C=CC(=O)Nc1ccc(F)c(Nc2nc(Nc3cnn(C)c3)ncc2-c2ccccc2Cl)c1.O=C(O)C(F)(F)F. The van der Waals surface area contributed by atoms with Crippen LogP contribution >= 0.6 is 11.6 Å². The average molecular weight is 578 g/mol. The van der Waals surface area contributed by atoms with Gasteiger partial charge >= 0.3 is 12.1 Å². The molecule has 0 fully saturated rings. The zero-order valence-corrected chi connectivity index (χ0v) is 21.3. The number of carboxylic acid groups (broad SMARTS) is 1. The van der Waals surface area contributed by atoms with Crippen molar-refractivity contribution in [3.8, 4) is 11.1 Å². The largest absolute Gasteiger partial charge is 0.490 e. The zero-order valence-electron chi connectivity index (χ0n) is 20.5. The molecule has 0 atom stereocenters. The number of aliphatic carboxylic acids is 1. The number of nitrogens with zero attached hydrogens (tertiary/aromatic N) is 4. The maximum Gasteiger partial charge on any atom is 0.490 e. The Morgan fingerprint density at radius 2 is 1.77 bits per heavy atom. The number of alkyl halides is 3. The summed E-state index contributed by atoms with van der Waals surface area (Å²) >= 11 is 6.39. The molecule has 208 valence electrons. The van der Waals surface area contributed by atoms with E-state index in [1.165, 1.54) is 18.2 Å². The summed E-state index contributed by atoms with van der Waals surface area (Å²) in [6.45, 7) is 3.42. The lowest BCUT2D eigenvalue weighted by molar-refractivity contribution is -0.192. The molecule has 4 N–H and O–H groups in total. The van der Waals surface area contributed by atoms with Crippen molar-refractivity contribution in [1.29, 1.82) is 0 Å². The summed E-state index contributed by atoms with van der Waals surface area (Å²) in [7, 11) is 1.79. The van der Waals surface area contributed by atoms with E-state index in [9.17, 15) is 22.4 Å². The van der Waals surface area contributed by atoms with Gasteiger partial charge in [-0.3, -0.25) is 9.48 Å². The number of amides is 1. The molecule has 0 saturated carbocycles. The molecule has 2 aromatic carbocycles.